The third kappa shape index (κ3) is 4.94. The molecule has 0 aliphatic carbocycles. The Hall–Kier alpha value is -0.120. The van der Waals surface area contributed by atoms with E-state index in [9.17, 15) is 0 Å². The van der Waals surface area contributed by atoms with E-state index in [1.807, 2.05) is 0 Å². The van der Waals surface area contributed by atoms with Crippen molar-refractivity contribution in [3.63, 3.8) is 0 Å². The van der Waals surface area contributed by atoms with Crippen LogP contribution in [0.1, 0.15) is 40.0 Å². The second-order valence-corrected chi connectivity index (χ2v) is 5.35. The molecule has 1 unspecified atom stereocenters. The summed E-state index contributed by atoms with van der Waals surface area (Å²) in [5.74, 6) is 0. The minimum Gasteiger partial charge on any atom is -0.381 e. The van der Waals surface area contributed by atoms with Gasteiger partial charge in [0.2, 0.25) is 0 Å². The number of hydrogen-bond acceptors (Lipinski definition) is 3. The van der Waals surface area contributed by atoms with Crippen LogP contribution in [0.5, 0.6) is 0 Å². The van der Waals surface area contributed by atoms with Crippen LogP contribution < -0.4 is 5.32 Å². The molecule has 1 rings (SSSR count). The summed E-state index contributed by atoms with van der Waals surface area (Å²) < 4.78 is 5.65. The van der Waals surface area contributed by atoms with Gasteiger partial charge in [-0.1, -0.05) is 20.8 Å². The number of hydrogen-bond donors (Lipinski definition) is 1. The third-order valence-electron chi connectivity index (χ3n) is 3.66. The fraction of sp³-hybridized carbons (Fsp3) is 1.00. The van der Waals surface area contributed by atoms with Crippen molar-refractivity contribution in [3.05, 3.63) is 0 Å². The highest BCUT2D eigenvalue weighted by Crippen LogP contribution is 2.29. The summed E-state index contributed by atoms with van der Waals surface area (Å²) in [5.41, 5.74) is 0.361. The van der Waals surface area contributed by atoms with Gasteiger partial charge >= 0.3 is 0 Å². The lowest BCUT2D eigenvalue weighted by Crippen LogP contribution is -2.45. The number of nitrogens with one attached hydrogen (secondary N) is 1. The SMILES string of the molecule is CCCNCC1(CN(CC)CCC)CCOC1. The molecule has 0 bridgehead atoms. The number of ether oxygens (including phenoxy) is 1. The maximum atomic E-state index is 5.65. The van der Waals surface area contributed by atoms with Crippen LogP contribution in [0.4, 0.5) is 0 Å². The van der Waals surface area contributed by atoms with Gasteiger partial charge in [0, 0.05) is 25.1 Å². The smallest absolute Gasteiger partial charge is 0.0547 e. The summed E-state index contributed by atoms with van der Waals surface area (Å²) in [4.78, 5) is 2.57. The van der Waals surface area contributed by atoms with Gasteiger partial charge in [-0.3, -0.25) is 0 Å². The molecule has 1 heterocycles. The van der Waals surface area contributed by atoms with Crippen LogP contribution >= 0.6 is 0 Å². The average Bonchev–Trinajstić information content (AvgIpc) is 2.78. The van der Waals surface area contributed by atoms with Gasteiger partial charge in [-0.25, -0.2) is 0 Å². The summed E-state index contributed by atoms with van der Waals surface area (Å²) in [6.45, 7) is 14.4. The molecular weight excluding hydrogens is 212 g/mol. The van der Waals surface area contributed by atoms with E-state index in [1.165, 1.54) is 32.4 Å². The van der Waals surface area contributed by atoms with Crippen molar-refractivity contribution in [3.8, 4) is 0 Å². The fourth-order valence-corrected chi connectivity index (χ4v) is 2.64. The minimum absolute atomic E-state index is 0.361. The second-order valence-electron chi connectivity index (χ2n) is 5.35. The largest absolute Gasteiger partial charge is 0.381 e. The van der Waals surface area contributed by atoms with Crippen LogP contribution in [-0.2, 0) is 4.74 Å². The van der Waals surface area contributed by atoms with Gasteiger partial charge in [0.15, 0.2) is 0 Å². The lowest BCUT2D eigenvalue weighted by molar-refractivity contribution is 0.110. The molecule has 1 N–H and O–H groups in total. The Labute approximate surface area is 107 Å². The van der Waals surface area contributed by atoms with Crippen molar-refractivity contribution in [2.45, 2.75) is 40.0 Å². The minimum atomic E-state index is 0.361. The van der Waals surface area contributed by atoms with Crippen molar-refractivity contribution in [1.29, 1.82) is 0 Å². The molecule has 3 nitrogen and oxygen atoms in total. The topological polar surface area (TPSA) is 24.5 Å². The summed E-state index contributed by atoms with van der Waals surface area (Å²) in [6.07, 6.45) is 3.67. The number of rotatable bonds is 9. The maximum Gasteiger partial charge on any atom is 0.0547 e. The quantitative estimate of drug-likeness (QED) is 0.627. The molecule has 0 spiro atoms. The molecular formula is C14H30N2O. The van der Waals surface area contributed by atoms with E-state index in [0.29, 0.717) is 5.41 Å². The standard InChI is InChI=1S/C14H30N2O/c1-4-8-15-11-14(7-10-17-13-14)12-16(6-3)9-5-2/h15H,4-13H2,1-3H3. The highest BCUT2D eigenvalue weighted by molar-refractivity contribution is 4.88. The predicted octanol–water partition coefficient (Wildman–Crippen LogP) is 2.12. The molecule has 0 radical (unpaired) electrons. The van der Waals surface area contributed by atoms with E-state index in [1.54, 1.807) is 0 Å². The van der Waals surface area contributed by atoms with Crippen LogP contribution in [-0.4, -0.2) is 50.8 Å². The molecule has 1 aliphatic heterocycles. The Bertz CT molecular complexity index is 191. The maximum absolute atomic E-state index is 5.65. The first-order valence-electron chi connectivity index (χ1n) is 7.27. The lowest BCUT2D eigenvalue weighted by atomic mass is 9.86. The summed E-state index contributed by atoms with van der Waals surface area (Å²) in [6, 6.07) is 0. The van der Waals surface area contributed by atoms with Gasteiger partial charge in [0.25, 0.3) is 0 Å². The molecule has 0 amide bonds. The Morgan fingerprint density at radius 3 is 2.59 bits per heavy atom. The monoisotopic (exact) mass is 242 g/mol. The Balaban J connectivity index is 2.45. The first-order valence-corrected chi connectivity index (χ1v) is 7.27. The second kappa shape index (κ2) is 8.06. The Morgan fingerprint density at radius 1 is 1.24 bits per heavy atom. The predicted molar refractivity (Wildman–Crippen MR) is 73.4 cm³/mol. The molecule has 0 aromatic carbocycles. The fourth-order valence-electron chi connectivity index (χ4n) is 2.64. The summed E-state index contributed by atoms with van der Waals surface area (Å²) in [5, 5.41) is 3.58. The summed E-state index contributed by atoms with van der Waals surface area (Å²) >= 11 is 0. The molecule has 102 valence electrons. The first-order chi connectivity index (χ1) is 8.26. The zero-order valence-corrected chi connectivity index (χ0v) is 11.9. The highest BCUT2D eigenvalue weighted by Gasteiger charge is 2.35. The van der Waals surface area contributed by atoms with Gasteiger partial charge in [-0.05, 0) is 38.9 Å². The van der Waals surface area contributed by atoms with Gasteiger partial charge in [0.1, 0.15) is 0 Å². The van der Waals surface area contributed by atoms with E-state index in [-0.39, 0.29) is 0 Å². The molecule has 1 fully saturated rings. The van der Waals surface area contributed by atoms with Gasteiger partial charge in [-0.2, -0.15) is 0 Å². The molecule has 3 heteroatoms. The van der Waals surface area contributed by atoms with Gasteiger partial charge in [-0.15, -0.1) is 0 Å². The molecule has 0 aromatic heterocycles. The molecule has 1 saturated heterocycles. The van der Waals surface area contributed by atoms with E-state index >= 15 is 0 Å². The Morgan fingerprint density at radius 2 is 2.06 bits per heavy atom. The van der Waals surface area contributed by atoms with Crippen LogP contribution in [0.25, 0.3) is 0 Å². The molecule has 17 heavy (non-hydrogen) atoms. The molecule has 1 atom stereocenters. The number of nitrogens with zero attached hydrogens (tertiary/aromatic N) is 1. The lowest BCUT2D eigenvalue weighted by Gasteiger charge is -2.34. The van der Waals surface area contributed by atoms with Crippen molar-refractivity contribution in [1.82, 2.24) is 10.2 Å². The molecule has 0 aromatic rings. The van der Waals surface area contributed by atoms with Crippen LogP contribution in [0.15, 0.2) is 0 Å². The van der Waals surface area contributed by atoms with Gasteiger partial charge in [0.05, 0.1) is 6.61 Å². The van der Waals surface area contributed by atoms with E-state index in [2.05, 4.69) is 31.0 Å². The normalized spacial score (nSPS) is 24.7. The van der Waals surface area contributed by atoms with Crippen molar-refractivity contribution < 1.29 is 4.74 Å². The van der Waals surface area contributed by atoms with Crippen molar-refractivity contribution in [2.75, 3.05) is 45.9 Å². The van der Waals surface area contributed by atoms with E-state index < -0.39 is 0 Å². The molecule has 0 saturated carbocycles. The Kier molecular flexibility index (Phi) is 7.09. The van der Waals surface area contributed by atoms with E-state index in [0.717, 1.165) is 32.8 Å². The third-order valence-corrected chi connectivity index (χ3v) is 3.66. The van der Waals surface area contributed by atoms with Crippen LogP contribution in [0.2, 0.25) is 0 Å². The van der Waals surface area contributed by atoms with Gasteiger partial charge < -0.3 is 15.0 Å². The van der Waals surface area contributed by atoms with Crippen molar-refractivity contribution >= 4 is 0 Å². The zero-order chi connectivity index (χ0) is 12.6. The summed E-state index contributed by atoms with van der Waals surface area (Å²) in [7, 11) is 0. The highest BCUT2D eigenvalue weighted by atomic mass is 16.5. The van der Waals surface area contributed by atoms with Crippen molar-refractivity contribution in [2.24, 2.45) is 5.41 Å². The zero-order valence-electron chi connectivity index (χ0n) is 11.9. The van der Waals surface area contributed by atoms with Crippen LogP contribution in [0.3, 0.4) is 0 Å². The molecule has 1 aliphatic rings. The first kappa shape index (κ1) is 14.9. The average molecular weight is 242 g/mol. The van der Waals surface area contributed by atoms with E-state index in [4.69, 9.17) is 4.74 Å². The van der Waals surface area contributed by atoms with Crippen LogP contribution in [0, 0.1) is 5.41 Å².